The first-order valence-corrected chi connectivity index (χ1v) is 8.45. The van der Waals surface area contributed by atoms with Gasteiger partial charge in [0.05, 0.1) is 0 Å². The third-order valence-corrected chi connectivity index (χ3v) is 3.83. The lowest BCUT2D eigenvalue weighted by molar-refractivity contribution is 0.140. The van der Waals surface area contributed by atoms with Crippen LogP contribution in [0, 0.1) is 11.8 Å². The molecule has 0 aromatic rings. The van der Waals surface area contributed by atoms with Crippen molar-refractivity contribution in [3.05, 3.63) is 0 Å². The number of hydrogen-bond donors (Lipinski definition) is 2. The van der Waals surface area contributed by atoms with Crippen molar-refractivity contribution in [3.8, 4) is 0 Å². The molecular weight excluding hydrogens is 391 g/mol. The van der Waals surface area contributed by atoms with Gasteiger partial charge in [0.2, 0.25) is 0 Å². The molecule has 0 saturated carbocycles. The first-order chi connectivity index (χ1) is 10.1. The summed E-state index contributed by atoms with van der Waals surface area (Å²) in [6.45, 7) is 13.5. The van der Waals surface area contributed by atoms with Crippen molar-refractivity contribution >= 4 is 29.9 Å². The summed E-state index contributed by atoms with van der Waals surface area (Å²) in [5.41, 5.74) is 5.84. The standard InChI is InChI=1S/C16H34N4O.HI/c1-4-21-10-6-8-19-16(17)18-7-5-9-20-12-14(2)11-15(3)13-20;/h14-15H,4-13H2,1-3H3,(H3,17,18,19);1H. The predicted molar refractivity (Wildman–Crippen MR) is 105 cm³/mol. The Morgan fingerprint density at radius 3 is 2.59 bits per heavy atom. The summed E-state index contributed by atoms with van der Waals surface area (Å²) in [5, 5.41) is 3.20. The number of nitrogens with one attached hydrogen (secondary N) is 1. The number of piperidine rings is 1. The molecule has 0 amide bonds. The zero-order valence-electron chi connectivity index (χ0n) is 14.5. The van der Waals surface area contributed by atoms with Crippen molar-refractivity contribution < 1.29 is 4.74 Å². The molecule has 6 heteroatoms. The van der Waals surface area contributed by atoms with Gasteiger partial charge < -0.3 is 20.7 Å². The van der Waals surface area contributed by atoms with Gasteiger partial charge in [0, 0.05) is 39.4 Å². The molecule has 22 heavy (non-hydrogen) atoms. The van der Waals surface area contributed by atoms with E-state index in [-0.39, 0.29) is 24.0 Å². The minimum absolute atomic E-state index is 0. The largest absolute Gasteiger partial charge is 0.382 e. The molecule has 1 aliphatic heterocycles. The van der Waals surface area contributed by atoms with E-state index < -0.39 is 0 Å². The summed E-state index contributed by atoms with van der Waals surface area (Å²) >= 11 is 0. The highest BCUT2D eigenvalue weighted by Crippen LogP contribution is 2.20. The maximum Gasteiger partial charge on any atom is 0.188 e. The quantitative estimate of drug-likeness (QED) is 0.257. The zero-order chi connectivity index (χ0) is 15.5. The van der Waals surface area contributed by atoms with E-state index in [9.17, 15) is 0 Å². The Balaban J connectivity index is 0.00000441. The Bertz CT molecular complexity index is 292. The highest BCUT2D eigenvalue weighted by molar-refractivity contribution is 14.0. The highest BCUT2D eigenvalue weighted by atomic mass is 127. The van der Waals surface area contributed by atoms with E-state index in [0.717, 1.165) is 57.5 Å². The first kappa shape index (κ1) is 21.9. The molecule has 132 valence electrons. The lowest BCUT2D eigenvalue weighted by atomic mass is 9.92. The second-order valence-electron chi connectivity index (χ2n) is 6.30. The van der Waals surface area contributed by atoms with Gasteiger partial charge in [-0.15, -0.1) is 24.0 Å². The van der Waals surface area contributed by atoms with Crippen LogP contribution >= 0.6 is 24.0 Å². The molecule has 5 nitrogen and oxygen atoms in total. The summed E-state index contributed by atoms with van der Waals surface area (Å²) < 4.78 is 5.26. The second-order valence-corrected chi connectivity index (χ2v) is 6.30. The minimum Gasteiger partial charge on any atom is -0.382 e. The molecule has 1 heterocycles. The van der Waals surface area contributed by atoms with E-state index in [1.165, 1.54) is 19.5 Å². The van der Waals surface area contributed by atoms with E-state index in [4.69, 9.17) is 10.5 Å². The van der Waals surface area contributed by atoms with E-state index in [1.807, 2.05) is 6.92 Å². The molecular formula is C16H35IN4O. The van der Waals surface area contributed by atoms with Crippen molar-refractivity contribution in [2.75, 3.05) is 45.9 Å². The van der Waals surface area contributed by atoms with Crippen LogP contribution in [0.4, 0.5) is 0 Å². The highest BCUT2D eigenvalue weighted by Gasteiger charge is 2.20. The number of rotatable bonds is 9. The van der Waals surface area contributed by atoms with Crippen LogP contribution in [0.3, 0.4) is 0 Å². The van der Waals surface area contributed by atoms with E-state index >= 15 is 0 Å². The van der Waals surface area contributed by atoms with Gasteiger partial charge in [-0.1, -0.05) is 13.8 Å². The lowest BCUT2D eigenvalue weighted by Gasteiger charge is -2.34. The lowest BCUT2D eigenvalue weighted by Crippen LogP contribution is -2.40. The number of guanidine groups is 1. The van der Waals surface area contributed by atoms with Crippen LogP contribution in [0.15, 0.2) is 4.99 Å². The Labute approximate surface area is 153 Å². The SMILES string of the molecule is CCOCCCN=C(N)NCCCN1CC(C)CC(C)C1.I. The topological polar surface area (TPSA) is 62.9 Å². The molecule has 0 aromatic heterocycles. The fourth-order valence-electron chi connectivity index (χ4n) is 3.06. The molecule has 1 rings (SSSR count). The third kappa shape index (κ3) is 10.6. The average molecular weight is 426 g/mol. The van der Waals surface area contributed by atoms with Crippen LogP contribution in [0.25, 0.3) is 0 Å². The molecule has 1 saturated heterocycles. The Morgan fingerprint density at radius 1 is 1.27 bits per heavy atom. The molecule has 0 aromatic carbocycles. The van der Waals surface area contributed by atoms with Gasteiger partial charge in [0.1, 0.15) is 0 Å². The molecule has 2 atom stereocenters. The van der Waals surface area contributed by atoms with E-state index in [2.05, 4.69) is 29.1 Å². The van der Waals surface area contributed by atoms with Gasteiger partial charge in [-0.05, 0) is 44.6 Å². The summed E-state index contributed by atoms with van der Waals surface area (Å²) in [7, 11) is 0. The maximum atomic E-state index is 5.84. The minimum atomic E-state index is 0. The average Bonchev–Trinajstić information content (AvgIpc) is 2.42. The molecule has 1 fully saturated rings. The van der Waals surface area contributed by atoms with Crippen molar-refractivity contribution in [2.24, 2.45) is 22.6 Å². The fraction of sp³-hybridized carbons (Fsp3) is 0.938. The molecule has 0 bridgehead atoms. The van der Waals surface area contributed by atoms with Crippen LogP contribution < -0.4 is 11.1 Å². The number of halogens is 1. The van der Waals surface area contributed by atoms with Gasteiger partial charge in [-0.25, -0.2) is 0 Å². The Hall–Kier alpha value is -0.0800. The van der Waals surface area contributed by atoms with Crippen LogP contribution in [-0.4, -0.2) is 56.8 Å². The smallest absolute Gasteiger partial charge is 0.188 e. The monoisotopic (exact) mass is 426 g/mol. The van der Waals surface area contributed by atoms with Crippen LogP contribution in [0.5, 0.6) is 0 Å². The molecule has 0 radical (unpaired) electrons. The van der Waals surface area contributed by atoms with Crippen molar-refractivity contribution in [1.82, 2.24) is 10.2 Å². The summed E-state index contributed by atoms with van der Waals surface area (Å²) in [5.74, 6) is 2.23. The number of likely N-dealkylation sites (tertiary alicyclic amines) is 1. The number of ether oxygens (including phenoxy) is 1. The zero-order valence-corrected chi connectivity index (χ0v) is 16.8. The maximum absolute atomic E-state index is 5.84. The van der Waals surface area contributed by atoms with Crippen molar-refractivity contribution in [2.45, 2.75) is 40.0 Å². The Morgan fingerprint density at radius 2 is 1.95 bits per heavy atom. The molecule has 0 spiro atoms. The number of nitrogens with zero attached hydrogens (tertiary/aromatic N) is 2. The number of hydrogen-bond acceptors (Lipinski definition) is 3. The first-order valence-electron chi connectivity index (χ1n) is 8.45. The summed E-state index contributed by atoms with van der Waals surface area (Å²) in [6.07, 6.45) is 3.42. The van der Waals surface area contributed by atoms with Crippen LogP contribution in [0.1, 0.15) is 40.0 Å². The predicted octanol–water partition coefficient (Wildman–Crippen LogP) is 2.30. The van der Waals surface area contributed by atoms with E-state index in [0.29, 0.717) is 5.96 Å². The van der Waals surface area contributed by atoms with E-state index in [1.54, 1.807) is 0 Å². The van der Waals surface area contributed by atoms with Gasteiger partial charge in [0.15, 0.2) is 5.96 Å². The normalized spacial score (nSPS) is 23.1. The van der Waals surface area contributed by atoms with Crippen molar-refractivity contribution in [1.29, 1.82) is 0 Å². The fourth-order valence-corrected chi connectivity index (χ4v) is 3.06. The van der Waals surface area contributed by atoms with Crippen LogP contribution in [-0.2, 0) is 4.74 Å². The number of aliphatic imine (C=N–C) groups is 1. The second kappa shape index (κ2) is 13.4. The van der Waals surface area contributed by atoms with Gasteiger partial charge >= 0.3 is 0 Å². The molecule has 3 N–H and O–H groups in total. The number of nitrogens with two attached hydrogens (primary N) is 1. The summed E-state index contributed by atoms with van der Waals surface area (Å²) in [4.78, 5) is 6.87. The van der Waals surface area contributed by atoms with Crippen molar-refractivity contribution in [3.63, 3.8) is 0 Å². The summed E-state index contributed by atoms with van der Waals surface area (Å²) in [6, 6.07) is 0. The molecule has 0 aliphatic carbocycles. The van der Waals surface area contributed by atoms with Gasteiger partial charge in [-0.3, -0.25) is 4.99 Å². The Kier molecular flexibility index (Phi) is 13.3. The molecule has 1 aliphatic rings. The third-order valence-electron chi connectivity index (χ3n) is 3.83. The van der Waals surface area contributed by atoms with Crippen LogP contribution in [0.2, 0.25) is 0 Å². The molecule has 2 unspecified atom stereocenters. The van der Waals surface area contributed by atoms with Gasteiger partial charge in [-0.2, -0.15) is 0 Å². The van der Waals surface area contributed by atoms with Gasteiger partial charge in [0.25, 0.3) is 0 Å².